The highest BCUT2D eigenvalue weighted by Crippen LogP contribution is 2.49. The molecule has 3 aromatic heterocycles. The van der Waals surface area contributed by atoms with Crippen molar-refractivity contribution in [3.05, 3.63) is 412 Å². The smallest absolute Gasteiger partial charge is 0.135 e. The summed E-state index contributed by atoms with van der Waals surface area (Å²) in [7, 11) is 5.97. The summed E-state index contributed by atoms with van der Waals surface area (Å²) < 4.78 is 89.1. The Labute approximate surface area is 682 Å². The first-order valence-corrected chi connectivity index (χ1v) is 40.4. The third kappa shape index (κ3) is 18.6. The first kappa shape index (κ1) is 83.3. The maximum Gasteiger partial charge on any atom is 0.135 e. The van der Waals surface area contributed by atoms with E-state index >= 15 is 0 Å². The van der Waals surface area contributed by atoms with Crippen LogP contribution >= 0.6 is 0 Å². The van der Waals surface area contributed by atoms with Gasteiger partial charge in [-0.25, -0.2) is 17.6 Å². The molecule has 0 aliphatic carbocycles. The van der Waals surface area contributed by atoms with Gasteiger partial charge in [0.15, 0.2) is 0 Å². The van der Waals surface area contributed by atoms with Crippen LogP contribution in [0.25, 0.3) is 0 Å². The molecule has 6 unspecified atom stereocenters. The molecule has 6 atom stereocenters. The third-order valence-corrected chi connectivity index (χ3v) is 23.4. The average molecular weight is 1560 g/mol. The van der Waals surface area contributed by atoms with E-state index in [4.69, 9.17) is 28.4 Å². The molecular formula is C100H106F4N6O6. The fourth-order valence-corrected chi connectivity index (χ4v) is 16.6. The molecule has 600 valence electrons. The Morgan fingerprint density at radius 3 is 0.940 bits per heavy atom. The summed E-state index contributed by atoms with van der Waals surface area (Å²) in [6.07, 6.45) is 39.2. The van der Waals surface area contributed by atoms with Crippen LogP contribution in [0.1, 0.15) is 150 Å². The highest BCUT2D eigenvalue weighted by atomic mass is 19.1. The van der Waals surface area contributed by atoms with Crippen LogP contribution in [0.5, 0.6) is 0 Å². The molecule has 9 aliphatic rings. The largest absolute Gasteiger partial charge is 0.366 e. The van der Waals surface area contributed by atoms with Crippen molar-refractivity contribution in [1.82, 2.24) is 29.7 Å². The van der Waals surface area contributed by atoms with Gasteiger partial charge in [-0.2, -0.15) is 0 Å². The monoisotopic (exact) mass is 1560 g/mol. The number of aryl methyl sites for hydroxylation is 3. The first-order valence-electron chi connectivity index (χ1n) is 40.4. The fraction of sp³-hybridized carbons (Fsp3) is 0.310. The van der Waals surface area contributed by atoms with Gasteiger partial charge in [-0.3, -0.25) is 15.0 Å². The number of benzene rings is 6. The number of likely N-dealkylation sites (N-methyl/N-ethyl adjacent to an activating group) is 3. The summed E-state index contributed by atoms with van der Waals surface area (Å²) >= 11 is 0. The topological polar surface area (TPSA) is 104 Å². The number of ether oxygens (including phenoxy) is 6. The second-order valence-electron chi connectivity index (χ2n) is 31.0. The van der Waals surface area contributed by atoms with Crippen LogP contribution in [0.2, 0.25) is 0 Å². The van der Waals surface area contributed by atoms with E-state index in [1.54, 1.807) is 12.1 Å². The van der Waals surface area contributed by atoms with Crippen molar-refractivity contribution in [3.8, 4) is 0 Å². The molecule has 0 bridgehead atoms. The van der Waals surface area contributed by atoms with Crippen molar-refractivity contribution < 1.29 is 46.0 Å². The third-order valence-electron chi connectivity index (χ3n) is 23.4. The quantitative estimate of drug-likeness (QED) is 0.109. The van der Waals surface area contributed by atoms with Crippen molar-refractivity contribution in [2.24, 2.45) is 0 Å². The number of hydrogen-bond donors (Lipinski definition) is 0. The summed E-state index contributed by atoms with van der Waals surface area (Å²) in [5, 5.41) is 0. The van der Waals surface area contributed by atoms with Crippen LogP contribution in [0.4, 0.5) is 17.6 Å². The van der Waals surface area contributed by atoms with Gasteiger partial charge >= 0.3 is 0 Å². The lowest BCUT2D eigenvalue weighted by Crippen LogP contribution is -2.41. The zero-order valence-electron chi connectivity index (χ0n) is 67.6. The first-order chi connectivity index (χ1) is 56.2. The van der Waals surface area contributed by atoms with Crippen LogP contribution in [0, 0.1) is 44.0 Å². The molecule has 6 aromatic carbocycles. The van der Waals surface area contributed by atoms with E-state index in [1.165, 1.54) is 70.8 Å². The van der Waals surface area contributed by atoms with Gasteiger partial charge < -0.3 is 43.1 Å². The summed E-state index contributed by atoms with van der Waals surface area (Å²) in [5.74, 6) is -0.860. The number of hydrogen-bond acceptors (Lipinski definition) is 12. The SMILES string of the molecule is C=C1C=C(C2(c3ccc(F)cc3)CCCCO2)C=CN1C.C=C1C=C(C2(c3ccccn3)CCCO2)C=CN1C.C=C1C=C(C2(c3ccncc3)CCCO2)C=CN1C.Cc1ccc(C2(c3ccc(F)cc3)CCCCO2)cc1.Cc1ccc(C2(c3ccc(F)cc3)CCCO2)cn1.Cc1ccc(C2(c3ccc(F)cc3)CCO2)cc1. The minimum Gasteiger partial charge on any atom is -0.366 e. The van der Waals surface area contributed by atoms with Crippen molar-refractivity contribution in [2.45, 2.75) is 138 Å². The molecule has 9 aliphatic heterocycles. The molecule has 12 heterocycles. The number of pyridine rings is 3. The van der Waals surface area contributed by atoms with Gasteiger partial charge in [-0.1, -0.05) is 140 Å². The van der Waals surface area contributed by atoms with Crippen molar-refractivity contribution >= 4 is 0 Å². The van der Waals surface area contributed by atoms with E-state index in [1.807, 2.05) is 159 Å². The van der Waals surface area contributed by atoms with Crippen molar-refractivity contribution in [2.75, 3.05) is 60.8 Å². The summed E-state index contributed by atoms with van der Waals surface area (Å²) in [6.45, 7) is 22.9. The highest BCUT2D eigenvalue weighted by Gasteiger charge is 2.46. The molecule has 6 saturated heterocycles. The molecule has 6 fully saturated rings. The molecule has 0 radical (unpaired) electrons. The van der Waals surface area contributed by atoms with Crippen LogP contribution < -0.4 is 0 Å². The zero-order chi connectivity index (χ0) is 81.3. The number of halogens is 4. The summed E-state index contributed by atoms with van der Waals surface area (Å²) in [6, 6.07) is 57.6. The second-order valence-corrected chi connectivity index (χ2v) is 31.0. The van der Waals surface area contributed by atoms with Crippen LogP contribution in [-0.2, 0) is 62.0 Å². The fourth-order valence-electron chi connectivity index (χ4n) is 16.6. The number of nitrogens with zero attached hydrogens (tertiary/aromatic N) is 6. The Morgan fingerprint density at radius 1 is 0.310 bits per heavy atom. The Morgan fingerprint density at radius 2 is 0.621 bits per heavy atom. The Balaban J connectivity index is 0.000000121. The molecular weight excluding hydrogens is 1460 g/mol. The van der Waals surface area contributed by atoms with Crippen molar-refractivity contribution in [3.63, 3.8) is 0 Å². The van der Waals surface area contributed by atoms with Gasteiger partial charge in [0.1, 0.15) is 56.9 Å². The zero-order valence-corrected chi connectivity index (χ0v) is 67.6. The number of allylic oxidation sites excluding steroid dienone is 3. The van der Waals surface area contributed by atoms with E-state index in [0.29, 0.717) is 0 Å². The Kier molecular flexibility index (Phi) is 26.9. The predicted molar refractivity (Wildman–Crippen MR) is 451 cm³/mol. The van der Waals surface area contributed by atoms with E-state index in [2.05, 4.69) is 140 Å². The Hall–Kier alpha value is -10.7. The molecule has 0 spiro atoms. The molecule has 9 aromatic rings. The van der Waals surface area contributed by atoms with Crippen LogP contribution in [0.15, 0.2) is 321 Å². The van der Waals surface area contributed by atoms with E-state index in [9.17, 15) is 17.6 Å². The summed E-state index contributed by atoms with van der Waals surface area (Å²) in [5.41, 5.74) is 16.9. The minimum absolute atomic E-state index is 0.205. The van der Waals surface area contributed by atoms with Gasteiger partial charge in [-0.05, 0) is 269 Å². The van der Waals surface area contributed by atoms with Gasteiger partial charge in [0, 0.05) is 132 Å². The molecule has 0 N–H and O–H groups in total. The van der Waals surface area contributed by atoms with Gasteiger partial charge in [0.05, 0.1) is 12.3 Å². The molecule has 116 heavy (non-hydrogen) atoms. The minimum atomic E-state index is -0.480. The lowest BCUT2D eigenvalue weighted by Gasteiger charge is -2.43. The van der Waals surface area contributed by atoms with E-state index in [0.717, 1.165) is 202 Å². The second kappa shape index (κ2) is 37.5. The van der Waals surface area contributed by atoms with Crippen LogP contribution in [0.3, 0.4) is 0 Å². The molecule has 12 nitrogen and oxygen atoms in total. The average Bonchev–Trinajstić information content (AvgIpc) is 1.05. The molecule has 0 amide bonds. The Bertz CT molecular complexity index is 4730. The molecule has 16 heteroatoms. The van der Waals surface area contributed by atoms with E-state index in [-0.39, 0.29) is 34.5 Å². The standard InChI is InChI=1S/C18H20FNO.C18H19FO.C16H16FNO.C16H15FO.2C16H18N2O/c1-14-13-16(9-11-20(14)2)18(10-3-4-12-21-18)15-5-7-17(19)8-6-15;1-14-4-6-15(7-5-14)18(12-2-3-13-20-18)16-8-10-17(19)11-9-16;1-12-3-4-14(11-18-12)16(9-2-10-19-16)13-5-7-15(17)8-6-13;1-12-2-4-13(5-3-12)16(10-11-18-16)14-6-8-15(17)9-7-14;1-13-12-15(6-10-18(13)2)16(7-3-11-19-16)14-4-8-17-9-5-14;1-13-12-14(7-10-18(13)2)16(8-5-11-19-16)15-6-3-4-9-17-15/h5-9,11,13H,1,3-4,10,12H2,2H3;4-11H,2-3,12-13H2,1H3;3-8,11H,2,9-10H2,1H3;2-9H,10-11H2,1H3;4-6,8-10,12H,1,3,7,11H2,2H3;3-4,6-7,9-10,12H,1,5,8,11H2,2H3. The molecule has 18 rings (SSSR count). The number of rotatable bonds is 12. The lowest BCUT2D eigenvalue weighted by molar-refractivity contribution is -0.123. The van der Waals surface area contributed by atoms with Crippen molar-refractivity contribution in [1.29, 1.82) is 0 Å². The summed E-state index contributed by atoms with van der Waals surface area (Å²) in [4.78, 5) is 19.0. The van der Waals surface area contributed by atoms with Gasteiger partial charge in [0.2, 0.25) is 0 Å². The maximum atomic E-state index is 13.2. The maximum absolute atomic E-state index is 13.2. The van der Waals surface area contributed by atoms with Gasteiger partial charge in [0.25, 0.3) is 0 Å². The predicted octanol–water partition coefficient (Wildman–Crippen LogP) is 22.1. The normalized spacial score (nSPS) is 24.6. The van der Waals surface area contributed by atoms with Gasteiger partial charge in [-0.15, -0.1) is 0 Å². The van der Waals surface area contributed by atoms with E-state index < -0.39 is 22.4 Å². The molecule has 0 saturated carbocycles. The lowest BCUT2D eigenvalue weighted by atomic mass is 9.79. The highest BCUT2D eigenvalue weighted by molar-refractivity contribution is 5.49. The van der Waals surface area contributed by atoms with Crippen LogP contribution in [-0.4, -0.2) is 90.4 Å². The number of aromatic nitrogens is 3.